The van der Waals surface area contributed by atoms with E-state index in [1.165, 1.54) is 10.8 Å². The van der Waals surface area contributed by atoms with Gasteiger partial charge in [0.05, 0.1) is 34.5 Å². The summed E-state index contributed by atoms with van der Waals surface area (Å²) < 4.78 is 12.1. The molecule has 5 heteroatoms. The number of para-hydroxylation sites is 2. The van der Waals surface area contributed by atoms with Crippen LogP contribution in [0.15, 0.2) is 149 Å². The SMILES string of the molecule is c1cc(-c2ccc3ccccc3c2)cc(N(c2cnc3oc4ccccc4c3c2)c2cnc3oc4ccccc4c3c2)c1. The fraction of sp³-hybridized carbons (Fsp3) is 0. The molecule has 0 amide bonds. The third-order valence-electron chi connectivity index (χ3n) is 8.14. The monoisotopic (exact) mass is 553 g/mol. The van der Waals surface area contributed by atoms with Gasteiger partial charge in [-0.05, 0) is 64.4 Å². The fourth-order valence-corrected chi connectivity index (χ4v) is 6.08. The molecule has 9 aromatic rings. The van der Waals surface area contributed by atoms with E-state index in [0.29, 0.717) is 11.4 Å². The minimum Gasteiger partial charge on any atom is -0.438 e. The lowest BCUT2D eigenvalue weighted by Gasteiger charge is -2.25. The average Bonchev–Trinajstić information content (AvgIpc) is 3.63. The van der Waals surface area contributed by atoms with E-state index in [1.54, 1.807) is 0 Å². The number of aromatic nitrogens is 2. The lowest BCUT2D eigenvalue weighted by Crippen LogP contribution is -2.10. The highest BCUT2D eigenvalue weighted by Crippen LogP contribution is 2.40. The predicted octanol–water partition coefficient (Wildman–Crippen LogP) is 10.6. The van der Waals surface area contributed by atoms with Gasteiger partial charge in [-0.2, -0.15) is 0 Å². The first-order valence-corrected chi connectivity index (χ1v) is 14.2. The zero-order chi connectivity index (χ0) is 28.3. The highest BCUT2D eigenvalue weighted by atomic mass is 16.3. The lowest BCUT2D eigenvalue weighted by atomic mass is 10.0. The number of rotatable bonds is 4. The van der Waals surface area contributed by atoms with Crippen molar-refractivity contribution < 1.29 is 8.83 Å². The summed E-state index contributed by atoms with van der Waals surface area (Å²) >= 11 is 0. The number of furan rings is 2. The summed E-state index contributed by atoms with van der Waals surface area (Å²) in [5.74, 6) is 0. The van der Waals surface area contributed by atoms with E-state index >= 15 is 0 Å². The summed E-state index contributed by atoms with van der Waals surface area (Å²) in [6.07, 6.45) is 3.73. The van der Waals surface area contributed by atoms with Crippen LogP contribution in [0, 0.1) is 0 Å². The van der Waals surface area contributed by atoms with Gasteiger partial charge in [0.2, 0.25) is 11.4 Å². The molecule has 0 N–H and O–H groups in total. The summed E-state index contributed by atoms with van der Waals surface area (Å²) in [7, 11) is 0. The highest BCUT2D eigenvalue weighted by Gasteiger charge is 2.19. The maximum atomic E-state index is 6.05. The quantitative estimate of drug-likeness (QED) is 0.217. The Bertz CT molecular complexity index is 2380. The van der Waals surface area contributed by atoms with Crippen LogP contribution in [0.3, 0.4) is 0 Å². The van der Waals surface area contributed by atoms with Crippen LogP contribution < -0.4 is 4.90 Å². The molecule has 0 spiro atoms. The molecule has 0 aliphatic carbocycles. The summed E-state index contributed by atoms with van der Waals surface area (Å²) in [4.78, 5) is 11.7. The van der Waals surface area contributed by atoms with Crippen molar-refractivity contribution in [1.29, 1.82) is 0 Å². The zero-order valence-electron chi connectivity index (χ0n) is 22.9. The second kappa shape index (κ2) is 9.29. The third-order valence-corrected chi connectivity index (χ3v) is 8.14. The Morgan fingerprint density at radius 3 is 1.67 bits per heavy atom. The van der Waals surface area contributed by atoms with Gasteiger partial charge in [0.15, 0.2) is 0 Å². The molecule has 0 unspecified atom stereocenters. The van der Waals surface area contributed by atoms with Crippen LogP contribution >= 0.6 is 0 Å². The zero-order valence-corrected chi connectivity index (χ0v) is 22.9. The highest BCUT2D eigenvalue weighted by molar-refractivity contribution is 6.07. The van der Waals surface area contributed by atoms with Gasteiger partial charge in [-0.1, -0.05) is 84.9 Å². The summed E-state index contributed by atoms with van der Waals surface area (Å²) in [6, 6.07) is 44.1. The van der Waals surface area contributed by atoms with Gasteiger partial charge >= 0.3 is 0 Å². The van der Waals surface area contributed by atoms with Crippen LogP contribution in [0.4, 0.5) is 17.1 Å². The molecule has 0 fully saturated rings. The molecule has 0 saturated carbocycles. The first-order valence-electron chi connectivity index (χ1n) is 14.2. The minimum absolute atomic E-state index is 0.615. The average molecular weight is 554 g/mol. The number of hydrogen-bond acceptors (Lipinski definition) is 5. The Labute approximate surface area is 246 Å². The number of benzene rings is 5. The molecule has 0 radical (unpaired) electrons. The molecule has 4 heterocycles. The third kappa shape index (κ3) is 3.86. The Kier molecular flexibility index (Phi) is 5.13. The Hall–Kier alpha value is -5.94. The maximum absolute atomic E-state index is 6.05. The van der Waals surface area contributed by atoms with Crippen LogP contribution in [0.5, 0.6) is 0 Å². The van der Waals surface area contributed by atoms with Crippen molar-refractivity contribution in [3.8, 4) is 11.1 Å². The molecule has 4 aromatic heterocycles. The van der Waals surface area contributed by atoms with Crippen LogP contribution in [0.25, 0.3) is 66.0 Å². The number of nitrogens with zero attached hydrogens (tertiary/aromatic N) is 3. The molecular formula is C38H23N3O2. The largest absolute Gasteiger partial charge is 0.438 e. The summed E-state index contributed by atoms with van der Waals surface area (Å²) in [5, 5.41) is 6.43. The van der Waals surface area contributed by atoms with Crippen molar-refractivity contribution in [3.05, 3.63) is 140 Å². The van der Waals surface area contributed by atoms with E-state index < -0.39 is 0 Å². The second-order valence-electron chi connectivity index (χ2n) is 10.7. The van der Waals surface area contributed by atoms with Crippen molar-refractivity contribution >= 4 is 72.0 Å². The van der Waals surface area contributed by atoms with Gasteiger partial charge in [-0.3, -0.25) is 0 Å². The molecule has 5 aromatic carbocycles. The molecule has 0 bridgehead atoms. The van der Waals surface area contributed by atoms with E-state index in [-0.39, 0.29) is 0 Å². The van der Waals surface area contributed by atoms with Crippen LogP contribution in [-0.4, -0.2) is 9.97 Å². The van der Waals surface area contributed by atoms with Crippen LogP contribution in [-0.2, 0) is 0 Å². The van der Waals surface area contributed by atoms with E-state index in [9.17, 15) is 0 Å². The van der Waals surface area contributed by atoms with Gasteiger partial charge in [0.25, 0.3) is 0 Å². The van der Waals surface area contributed by atoms with E-state index in [2.05, 4.69) is 95.9 Å². The number of fused-ring (bicyclic) bond motifs is 7. The molecule has 202 valence electrons. The van der Waals surface area contributed by atoms with Crippen molar-refractivity contribution in [2.75, 3.05) is 4.90 Å². The van der Waals surface area contributed by atoms with Gasteiger partial charge in [0.1, 0.15) is 11.2 Å². The van der Waals surface area contributed by atoms with Crippen molar-refractivity contribution in [1.82, 2.24) is 9.97 Å². The molecule has 0 aliphatic heterocycles. The van der Waals surface area contributed by atoms with Crippen LogP contribution in [0.1, 0.15) is 0 Å². The number of anilines is 3. The minimum atomic E-state index is 0.615. The predicted molar refractivity (Wildman–Crippen MR) is 174 cm³/mol. The van der Waals surface area contributed by atoms with Gasteiger partial charge in [0, 0.05) is 16.5 Å². The van der Waals surface area contributed by atoms with Crippen molar-refractivity contribution in [3.63, 3.8) is 0 Å². The molecule has 9 rings (SSSR count). The van der Waals surface area contributed by atoms with E-state index in [0.717, 1.165) is 60.9 Å². The van der Waals surface area contributed by atoms with Gasteiger partial charge in [-0.25, -0.2) is 9.97 Å². The van der Waals surface area contributed by atoms with Gasteiger partial charge < -0.3 is 13.7 Å². The Morgan fingerprint density at radius 2 is 1.00 bits per heavy atom. The fourth-order valence-electron chi connectivity index (χ4n) is 6.08. The molecule has 0 aliphatic rings. The topological polar surface area (TPSA) is 55.3 Å². The van der Waals surface area contributed by atoms with E-state index in [1.807, 2.05) is 48.8 Å². The maximum Gasteiger partial charge on any atom is 0.227 e. The van der Waals surface area contributed by atoms with Crippen LogP contribution in [0.2, 0.25) is 0 Å². The standard InChI is InChI=1S/C38H23N3O2/c1-2-9-25-18-27(17-16-24(25)8-1)26-10-7-11-28(19-26)41(29-20-33-31-12-3-5-14-35(31)42-37(33)39-22-29)30-21-34-32-13-4-6-15-36(32)43-38(34)40-23-30/h1-23H. The first-order chi connectivity index (χ1) is 21.3. The summed E-state index contributed by atoms with van der Waals surface area (Å²) in [5.41, 5.74) is 7.96. The van der Waals surface area contributed by atoms with Gasteiger partial charge in [-0.15, -0.1) is 0 Å². The Balaban J connectivity index is 1.26. The molecule has 0 atom stereocenters. The van der Waals surface area contributed by atoms with E-state index in [4.69, 9.17) is 18.8 Å². The molecule has 43 heavy (non-hydrogen) atoms. The first kappa shape index (κ1) is 23.7. The number of hydrogen-bond donors (Lipinski definition) is 0. The second-order valence-corrected chi connectivity index (χ2v) is 10.7. The molecule has 5 nitrogen and oxygen atoms in total. The van der Waals surface area contributed by atoms with Crippen molar-refractivity contribution in [2.45, 2.75) is 0 Å². The summed E-state index contributed by atoms with van der Waals surface area (Å²) in [6.45, 7) is 0. The lowest BCUT2D eigenvalue weighted by molar-refractivity contribution is 0.654. The van der Waals surface area contributed by atoms with Crippen molar-refractivity contribution in [2.24, 2.45) is 0 Å². The Morgan fingerprint density at radius 1 is 0.419 bits per heavy atom. The number of pyridine rings is 2. The molecule has 0 saturated heterocycles. The molecular weight excluding hydrogens is 530 g/mol. The normalized spacial score (nSPS) is 11.7. The smallest absolute Gasteiger partial charge is 0.227 e.